The van der Waals surface area contributed by atoms with Gasteiger partial charge in [-0.3, -0.25) is 4.79 Å². The number of rotatable bonds is 6. The zero-order valence-corrected chi connectivity index (χ0v) is 15.9. The Morgan fingerprint density at radius 1 is 0.963 bits per heavy atom. The number of amides is 1. The zero-order valence-electron chi connectivity index (χ0n) is 15.9. The van der Waals surface area contributed by atoms with Crippen molar-refractivity contribution in [3.05, 3.63) is 78.5 Å². The number of nitrogens with one attached hydrogen (secondary N) is 1. The third-order valence-electron chi connectivity index (χ3n) is 4.29. The maximum Gasteiger partial charge on any atom is 0.258 e. The standard InChI is InChI=1S/C22H24N4O/c1-4-26(20-8-6-5-7-9-20)22(27)17-14-15-23-21(16-17)24-18-10-12-19(13-11-18)25(2)3/h5-16H,4H2,1-3H3,(H,23,24). The second kappa shape index (κ2) is 8.36. The summed E-state index contributed by atoms with van der Waals surface area (Å²) in [6, 6.07) is 21.3. The van der Waals surface area contributed by atoms with Crippen molar-refractivity contribution >= 4 is 28.8 Å². The lowest BCUT2D eigenvalue weighted by Crippen LogP contribution is -2.30. The Bertz CT molecular complexity index is 892. The molecule has 0 unspecified atom stereocenters. The summed E-state index contributed by atoms with van der Waals surface area (Å²) in [6.45, 7) is 2.57. The summed E-state index contributed by atoms with van der Waals surface area (Å²) in [5.74, 6) is 0.597. The summed E-state index contributed by atoms with van der Waals surface area (Å²) in [4.78, 5) is 21.1. The number of carbonyl (C=O) groups is 1. The van der Waals surface area contributed by atoms with E-state index in [1.807, 2.05) is 80.5 Å². The number of pyridine rings is 1. The summed E-state index contributed by atoms with van der Waals surface area (Å²) < 4.78 is 0. The smallest absolute Gasteiger partial charge is 0.258 e. The number of carbonyl (C=O) groups excluding carboxylic acids is 1. The Balaban J connectivity index is 1.79. The average molecular weight is 360 g/mol. The molecule has 5 heteroatoms. The van der Waals surface area contributed by atoms with Crippen LogP contribution in [0.3, 0.4) is 0 Å². The van der Waals surface area contributed by atoms with Crippen molar-refractivity contribution in [2.45, 2.75) is 6.92 Å². The van der Waals surface area contributed by atoms with Crippen molar-refractivity contribution in [2.75, 3.05) is 35.8 Å². The van der Waals surface area contributed by atoms with E-state index in [-0.39, 0.29) is 5.91 Å². The van der Waals surface area contributed by atoms with Gasteiger partial charge >= 0.3 is 0 Å². The average Bonchev–Trinajstić information content (AvgIpc) is 2.70. The SMILES string of the molecule is CCN(C(=O)c1ccnc(Nc2ccc(N(C)C)cc2)c1)c1ccccc1. The molecule has 0 aliphatic carbocycles. The van der Waals surface area contributed by atoms with E-state index in [1.54, 1.807) is 23.2 Å². The van der Waals surface area contributed by atoms with Crippen LogP contribution in [0.1, 0.15) is 17.3 Å². The fourth-order valence-corrected chi connectivity index (χ4v) is 2.83. The highest BCUT2D eigenvalue weighted by molar-refractivity contribution is 6.06. The van der Waals surface area contributed by atoms with Crippen LogP contribution >= 0.6 is 0 Å². The Hall–Kier alpha value is -3.34. The van der Waals surface area contributed by atoms with Gasteiger partial charge in [0, 0.05) is 49.5 Å². The molecule has 1 aromatic heterocycles. The van der Waals surface area contributed by atoms with Crippen LogP contribution in [0.4, 0.5) is 22.9 Å². The molecule has 0 atom stereocenters. The number of hydrogen-bond acceptors (Lipinski definition) is 4. The van der Waals surface area contributed by atoms with Gasteiger partial charge in [0.2, 0.25) is 0 Å². The lowest BCUT2D eigenvalue weighted by Gasteiger charge is -2.21. The van der Waals surface area contributed by atoms with Crippen molar-refractivity contribution in [1.29, 1.82) is 0 Å². The summed E-state index contributed by atoms with van der Waals surface area (Å²) in [5, 5.41) is 3.26. The molecular weight excluding hydrogens is 336 g/mol. The maximum atomic E-state index is 13.0. The molecule has 2 aromatic carbocycles. The Kier molecular flexibility index (Phi) is 5.71. The molecule has 27 heavy (non-hydrogen) atoms. The lowest BCUT2D eigenvalue weighted by molar-refractivity contribution is 0.0988. The fourth-order valence-electron chi connectivity index (χ4n) is 2.83. The quantitative estimate of drug-likeness (QED) is 0.700. The van der Waals surface area contributed by atoms with Gasteiger partial charge in [-0.15, -0.1) is 0 Å². The predicted molar refractivity (Wildman–Crippen MR) is 112 cm³/mol. The summed E-state index contributed by atoms with van der Waals surface area (Å²) in [7, 11) is 4.01. The molecule has 0 fully saturated rings. The minimum atomic E-state index is -0.0443. The summed E-state index contributed by atoms with van der Waals surface area (Å²) in [6.07, 6.45) is 1.66. The maximum absolute atomic E-state index is 13.0. The van der Waals surface area contributed by atoms with E-state index in [9.17, 15) is 4.79 Å². The zero-order chi connectivity index (χ0) is 19.2. The van der Waals surface area contributed by atoms with E-state index in [2.05, 4.69) is 10.3 Å². The van der Waals surface area contributed by atoms with E-state index in [1.165, 1.54) is 0 Å². The Labute approximate surface area is 160 Å². The predicted octanol–water partition coefficient (Wildman–Crippen LogP) is 4.56. The number of anilines is 4. The third kappa shape index (κ3) is 4.44. The molecule has 138 valence electrons. The molecule has 3 rings (SSSR count). The first-order valence-corrected chi connectivity index (χ1v) is 8.96. The molecule has 0 radical (unpaired) electrons. The minimum absolute atomic E-state index is 0.0443. The van der Waals surface area contributed by atoms with Gasteiger partial charge in [0.05, 0.1) is 0 Å². The molecule has 0 saturated carbocycles. The molecule has 0 aliphatic heterocycles. The largest absolute Gasteiger partial charge is 0.378 e. The first-order chi connectivity index (χ1) is 13.1. The molecule has 0 aliphatic rings. The highest BCUT2D eigenvalue weighted by Gasteiger charge is 2.16. The van der Waals surface area contributed by atoms with Crippen LogP contribution in [0.15, 0.2) is 72.9 Å². The highest BCUT2D eigenvalue weighted by atomic mass is 16.2. The molecule has 0 spiro atoms. The highest BCUT2D eigenvalue weighted by Crippen LogP contribution is 2.21. The minimum Gasteiger partial charge on any atom is -0.378 e. The van der Waals surface area contributed by atoms with Gasteiger partial charge in [0.1, 0.15) is 5.82 Å². The molecule has 1 heterocycles. The van der Waals surface area contributed by atoms with Crippen molar-refractivity contribution in [1.82, 2.24) is 4.98 Å². The molecule has 0 saturated heterocycles. The Morgan fingerprint density at radius 3 is 2.30 bits per heavy atom. The van der Waals surface area contributed by atoms with E-state index in [0.29, 0.717) is 17.9 Å². The molecule has 1 N–H and O–H groups in total. The van der Waals surface area contributed by atoms with Crippen LogP contribution in [-0.2, 0) is 0 Å². The van der Waals surface area contributed by atoms with Gasteiger partial charge in [0.15, 0.2) is 0 Å². The van der Waals surface area contributed by atoms with Crippen LogP contribution in [0.5, 0.6) is 0 Å². The Morgan fingerprint density at radius 2 is 1.67 bits per heavy atom. The molecular formula is C22H24N4O. The number of hydrogen-bond donors (Lipinski definition) is 1. The van der Waals surface area contributed by atoms with Gasteiger partial charge < -0.3 is 15.1 Å². The van der Waals surface area contributed by atoms with Crippen LogP contribution in [-0.4, -0.2) is 31.5 Å². The summed E-state index contributed by atoms with van der Waals surface area (Å²) in [5.41, 5.74) is 3.53. The van der Waals surface area contributed by atoms with Crippen LogP contribution in [0, 0.1) is 0 Å². The van der Waals surface area contributed by atoms with Gasteiger partial charge in [-0.25, -0.2) is 4.98 Å². The van der Waals surface area contributed by atoms with Crippen molar-refractivity contribution in [2.24, 2.45) is 0 Å². The van der Waals surface area contributed by atoms with E-state index >= 15 is 0 Å². The third-order valence-corrected chi connectivity index (χ3v) is 4.29. The molecule has 5 nitrogen and oxygen atoms in total. The molecule has 1 amide bonds. The molecule has 3 aromatic rings. The van der Waals surface area contributed by atoms with Crippen molar-refractivity contribution in [3.63, 3.8) is 0 Å². The number of nitrogens with zero attached hydrogens (tertiary/aromatic N) is 3. The van der Waals surface area contributed by atoms with Gasteiger partial charge in [-0.2, -0.15) is 0 Å². The first kappa shape index (κ1) is 18.5. The van der Waals surface area contributed by atoms with Crippen LogP contribution in [0.25, 0.3) is 0 Å². The van der Waals surface area contributed by atoms with E-state index in [4.69, 9.17) is 0 Å². The summed E-state index contributed by atoms with van der Waals surface area (Å²) >= 11 is 0. The second-order valence-corrected chi connectivity index (χ2v) is 6.38. The number of aromatic nitrogens is 1. The molecule has 0 bridgehead atoms. The van der Waals surface area contributed by atoms with Crippen LogP contribution < -0.4 is 15.1 Å². The monoisotopic (exact) mass is 360 g/mol. The second-order valence-electron chi connectivity index (χ2n) is 6.38. The first-order valence-electron chi connectivity index (χ1n) is 8.96. The van der Waals surface area contributed by atoms with Crippen molar-refractivity contribution < 1.29 is 4.79 Å². The fraction of sp³-hybridized carbons (Fsp3) is 0.182. The van der Waals surface area contributed by atoms with E-state index in [0.717, 1.165) is 17.1 Å². The normalized spacial score (nSPS) is 10.3. The van der Waals surface area contributed by atoms with Crippen LogP contribution in [0.2, 0.25) is 0 Å². The topological polar surface area (TPSA) is 48.5 Å². The number of para-hydroxylation sites is 1. The van der Waals surface area contributed by atoms with Crippen molar-refractivity contribution in [3.8, 4) is 0 Å². The lowest BCUT2D eigenvalue weighted by atomic mass is 10.2. The van der Waals surface area contributed by atoms with Gasteiger partial charge in [-0.05, 0) is 55.5 Å². The van der Waals surface area contributed by atoms with Gasteiger partial charge in [-0.1, -0.05) is 18.2 Å². The number of benzene rings is 2. The van der Waals surface area contributed by atoms with Gasteiger partial charge in [0.25, 0.3) is 5.91 Å². The van der Waals surface area contributed by atoms with E-state index < -0.39 is 0 Å².